The van der Waals surface area contributed by atoms with Crippen molar-refractivity contribution in [1.29, 1.82) is 0 Å². The Bertz CT molecular complexity index is 3940. The summed E-state index contributed by atoms with van der Waals surface area (Å²) in [7, 11) is 0. The lowest BCUT2D eigenvalue weighted by Gasteiger charge is -2.46. The lowest BCUT2D eigenvalue weighted by atomic mass is 9.33. The summed E-state index contributed by atoms with van der Waals surface area (Å²) in [5, 5.41) is 2.62. The molecule has 0 atom stereocenters. The predicted molar refractivity (Wildman–Crippen MR) is 319 cm³/mol. The molecule has 2 aliphatic rings. The Morgan fingerprint density at radius 1 is 0.365 bits per heavy atom. The first-order chi connectivity index (χ1) is 36.7. The summed E-state index contributed by atoms with van der Waals surface area (Å²) in [6.07, 6.45) is 3.16. The van der Waals surface area contributed by atoms with Crippen molar-refractivity contribution in [3.63, 3.8) is 0 Å². The second-order valence-corrected chi connectivity index (χ2v) is 20.8. The maximum Gasteiger partial charge on any atom is 0.252 e. The fraction of sp³-hybridized carbons (Fsp3) is 0.0571. The minimum absolute atomic E-state index is 0.0754. The number of thiophene rings is 1. The van der Waals surface area contributed by atoms with Gasteiger partial charge in [0.2, 0.25) is 0 Å². The van der Waals surface area contributed by atoms with Gasteiger partial charge in [-0.3, -0.25) is 0 Å². The number of fused-ring (bicyclic) bond motifs is 7. The van der Waals surface area contributed by atoms with E-state index in [0.717, 1.165) is 19.3 Å². The highest BCUT2D eigenvalue weighted by Crippen LogP contribution is 2.53. The van der Waals surface area contributed by atoms with Gasteiger partial charge in [0.15, 0.2) is 0 Å². The average molecular weight is 963 g/mol. The number of aryl methyl sites for hydroxylation is 1. The smallest absolute Gasteiger partial charge is 0.252 e. The molecule has 0 fully saturated rings. The van der Waals surface area contributed by atoms with Crippen LogP contribution in [0.4, 0.5) is 34.1 Å². The zero-order valence-electron chi connectivity index (χ0n) is 41.3. The molecule has 0 amide bonds. The van der Waals surface area contributed by atoms with Gasteiger partial charge >= 0.3 is 0 Å². The van der Waals surface area contributed by atoms with Crippen molar-refractivity contribution in [2.75, 3.05) is 9.80 Å². The van der Waals surface area contributed by atoms with Crippen molar-refractivity contribution in [2.45, 2.75) is 26.2 Å². The Morgan fingerprint density at radius 2 is 0.824 bits per heavy atom. The normalized spacial score (nSPS) is 12.5. The number of benzene rings is 11. The van der Waals surface area contributed by atoms with Crippen molar-refractivity contribution in [3.8, 4) is 55.6 Å². The van der Waals surface area contributed by atoms with Crippen LogP contribution in [0.3, 0.4) is 0 Å². The molecule has 4 heteroatoms. The van der Waals surface area contributed by atoms with Gasteiger partial charge in [0, 0.05) is 65.2 Å². The third-order valence-corrected chi connectivity index (χ3v) is 16.6. The quantitative estimate of drug-likeness (QED) is 0.126. The van der Waals surface area contributed by atoms with Gasteiger partial charge in [0.1, 0.15) is 0 Å². The number of hydrogen-bond acceptors (Lipinski definition) is 3. The molecular formula is C70H51BN2S. The van der Waals surface area contributed by atoms with E-state index in [9.17, 15) is 0 Å². The highest BCUT2D eigenvalue weighted by atomic mass is 32.1. The molecule has 12 aromatic rings. The molecule has 0 saturated carbocycles. The second kappa shape index (κ2) is 18.4. The number of hydrogen-bond donors (Lipinski definition) is 0. The van der Waals surface area contributed by atoms with Crippen LogP contribution in [-0.4, -0.2) is 6.71 Å². The Balaban J connectivity index is 1.13. The molecule has 350 valence electrons. The van der Waals surface area contributed by atoms with Gasteiger partial charge in [-0.25, -0.2) is 0 Å². The standard InChI is InChI=1S/C70H51BN2S/c1-2-3-23-47-44-64-67-65(45-47)73(69-55(50-28-12-6-13-29-50)35-21-36-56(69)51-30-14-7-15-31-51)63-43-42-52(57-37-22-38-59-58-32-16-19-41-66(58)74-70(57)59)46-61(63)71(67)60-39-17-18-40-62(60)72(64)68-53(48-24-8-4-9-25-48)33-20-34-54(68)49-26-10-5-11-27-49/h4-22,24-46H,2-3,23H2,1H3. The zero-order chi connectivity index (χ0) is 49.1. The van der Waals surface area contributed by atoms with E-state index in [1.807, 2.05) is 11.3 Å². The number of anilines is 6. The van der Waals surface area contributed by atoms with Gasteiger partial charge in [-0.15, -0.1) is 11.3 Å². The molecule has 1 aromatic heterocycles. The van der Waals surface area contributed by atoms with Crippen molar-refractivity contribution in [1.82, 2.24) is 0 Å². The van der Waals surface area contributed by atoms with Gasteiger partial charge in [0.25, 0.3) is 6.71 Å². The number of unbranched alkanes of at least 4 members (excludes halogenated alkanes) is 1. The van der Waals surface area contributed by atoms with Crippen LogP contribution in [0.1, 0.15) is 25.3 Å². The van der Waals surface area contributed by atoms with E-state index >= 15 is 0 Å². The number of para-hydroxylation sites is 3. The Kier molecular flexibility index (Phi) is 11.0. The fourth-order valence-electron chi connectivity index (χ4n) is 12.1. The Morgan fingerprint density at radius 3 is 1.38 bits per heavy atom. The maximum atomic E-state index is 2.67. The van der Waals surface area contributed by atoms with Gasteiger partial charge in [0.05, 0.1) is 11.4 Å². The summed E-state index contributed by atoms with van der Waals surface area (Å²) >= 11 is 1.90. The van der Waals surface area contributed by atoms with Crippen LogP contribution < -0.4 is 26.2 Å². The third kappa shape index (κ3) is 7.23. The summed E-state index contributed by atoms with van der Waals surface area (Å²) < 4.78 is 2.64. The summed E-state index contributed by atoms with van der Waals surface area (Å²) in [4.78, 5) is 5.32. The number of nitrogens with zero attached hydrogens (tertiary/aromatic N) is 2. The highest BCUT2D eigenvalue weighted by molar-refractivity contribution is 7.26. The van der Waals surface area contributed by atoms with E-state index in [-0.39, 0.29) is 6.71 Å². The van der Waals surface area contributed by atoms with Crippen molar-refractivity contribution in [3.05, 3.63) is 260 Å². The highest BCUT2D eigenvalue weighted by Gasteiger charge is 2.45. The van der Waals surface area contributed by atoms with Crippen molar-refractivity contribution < 1.29 is 0 Å². The maximum absolute atomic E-state index is 2.67. The molecule has 0 bridgehead atoms. The summed E-state index contributed by atoms with van der Waals surface area (Å²) in [5.41, 5.74) is 24.5. The lowest BCUT2D eigenvalue weighted by molar-refractivity contribution is 0.795. The summed E-state index contributed by atoms with van der Waals surface area (Å²) in [6.45, 7) is 2.24. The second-order valence-electron chi connectivity index (χ2n) is 19.7. The largest absolute Gasteiger partial charge is 0.310 e. The molecule has 3 heterocycles. The van der Waals surface area contributed by atoms with Crippen LogP contribution in [0.5, 0.6) is 0 Å². The Labute approximate surface area is 438 Å². The zero-order valence-corrected chi connectivity index (χ0v) is 42.1. The van der Waals surface area contributed by atoms with E-state index in [2.05, 4.69) is 272 Å². The summed E-state index contributed by atoms with van der Waals surface area (Å²) in [6, 6.07) is 95.3. The van der Waals surface area contributed by atoms with Crippen LogP contribution >= 0.6 is 11.3 Å². The molecular weight excluding hydrogens is 912 g/mol. The molecule has 11 aromatic carbocycles. The van der Waals surface area contributed by atoms with Gasteiger partial charge in [-0.05, 0) is 98.5 Å². The van der Waals surface area contributed by atoms with Crippen LogP contribution in [0.15, 0.2) is 255 Å². The molecule has 0 saturated heterocycles. The molecule has 2 aliphatic heterocycles. The van der Waals surface area contributed by atoms with Crippen LogP contribution in [0.25, 0.3) is 75.8 Å². The predicted octanol–water partition coefficient (Wildman–Crippen LogP) is 17.8. The first-order valence-corrected chi connectivity index (χ1v) is 26.9. The van der Waals surface area contributed by atoms with Crippen LogP contribution in [0.2, 0.25) is 0 Å². The molecule has 0 N–H and O–H groups in total. The van der Waals surface area contributed by atoms with Gasteiger partial charge < -0.3 is 9.80 Å². The lowest BCUT2D eigenvalue weighted by Crippen LogP contribution is -2.61. The van der Waals surface area contributed by atoms with E-state index in [0.29, 0.717) is 0 Å². The van der Waals surface area contributed by atoms with Crippen LogP contribution in [-0.2, 0) is 6.42 Å². The SMILES string of the molecule is CCCCc1cc2c3c(c1)N(c1c(-c4ccccc4)cccc1-c1ccccc1)c1ccc(-c4cccc5c4sc4ccccc45)cc1B3c1ccccc1N2c1c(-c2ccccc2)cccc1-c1ccccc1. The van der Waals surface area contributed by atoms with E-state index in [4.69, 9.17) is 0 Å². The fourth-order valence-corrected chi connectivity index (χ4v) is 13.4. The summed E-state index contributed by atoms with van der Waals surface area (Å²) in [5.74, 6) is 0. The van der Waals surface area contributed by atoms with Crippen molar-refractivity contribution >= 4 is 88.7 Å². The molecule has 14 rings (SSSR count). The van der Waals surface area contributed by atoms with Crippen LogP contribution in [0, 0.1) is 0 Å². The average Bonchev–Trinajstić information content (AvgIpc) is 3.95. The number of rotatable bonds is 10. The third-order valence-electron chi connectivity index (χ3n) is 15.4. The van der Waals surface area contributed by atoms with E-state index in [1.165, 1.54) is 132 Å². The minimum atomic E-state index is -0.0754. The topological polar surface area (TPSA) is 6.48 Å². The molecule has 0 aliphatic carbocycles. The Hall–Kier alpha value is -8.70. The molecule has 0 spiro atoms. The molecule has 2 nitrogen and oxygen atoms in total. The molecule has 74 heavy (non-hydrogen) atoms. The van der Waals surface area contributed by atoms with Gasteiger partial charge in [-0.2, -0.15) is 0 Å². The minimum Gasteiger partial charge on any atom is -0.310 e. The molecule has 0 unspecified atom stereocenters. The van der Waals surface area contributed by atoms with Crippen molar-refractivity contribution in [2.24, 2.45) is 0 Å². The monoisotopic (exact) mass is 962 g/mol. The molecule has 0 radical (unpaired) electrons. The van der Waals surface area contributed by atoms with E-state index in [1.54, 1.807) is 0 Å². The van der Waals surface area contributed by atoms with Gasteiger partial charge in [-0.1, -0.05) is 238 Å². The van der Waals surface area contributed by atoms with E-state index < -0.39 is 0 Å². The first-order valence-electron chi connectivity index (χ1n) is 26.1. The first kappa shape index (κ1) is 44.0.